The van der Waals surface area contributed by atoms with E-state index in [1.165, 1.54) is 23.3 Å². The molecule has 0 spiro atoms. The lowest BCUT2D eigenvalue weighted by atomic mass is 9.99. The number of hydrogen-bond donors (Lipinski definition) is 0. The van der Waals surface area contributed by atoms with Crippen LogP contribution in [-0.2, 0) is 16.1 Å². The highest BCUT2D eigenvalue weighted by atomic mass is 32.1. The Morgan fingerprint density at radius 1 is 1.21 bits per heavy atom. The zero-order valence-electron chi connectivity index (χ0n) is 15.6. The first-order valence-corrected chi connectivity index (χ1v) is 9.87. The normalized spacial score (nSPS) is 18.2. The molecule has 7 heteroatoms. The molecule has 3 aromatic rings. The second-order valence-electron chi connectivity index (χ2n) is 6.57. The molecular weight excluding hydrogens is 388 g/mol. The smallest absolute Gasteiger partial charge is 0.295 e. The van der Waals surface area contributed by atoms with E-state index in [2.05, 4.69) is 4.98 Å². The third-order valence-electron chi connectivity index (χ3n) is 4.80. The topological polar surface area (TPSA) is 83.8 Å². The average Bonchev–Trinajstić information content (AvgIpc) is 3.37. The van der Waals surface area contributed by atoms with Crippen molar-refractivity contribution in [2.45, 2.75) is 12.6 Å². The summed E-state index contributed by atoms with van der Waals surface area (Å²) in [4.78, 5) is 31.0. The van der Waals surface area contributed by atoms with E-state index in [0.29, 0.717) is 11.3 Å². The summed E-state index contributed by atoms with van der Waals surface area (Å²) < 4.78 is 5.19. The van der Waals surface area contributed by atoms with Gasteiger partial charge in [-0.15, -0.1) is 11.3 Å². The lowest BCUT2D eigenvalue weighted by Gasteiger charge is -2.26. The Morgan fingerprint density at radius 3 is 2.76 bits per heavy atom. The highest BCUT2D eigenvalue weighted by Crippen LogP contribution is 2.41. The van der Waals surface area contributed by atoms with E-state index in [1.54, 1.807) is 36.7 Å². The fourth-order valence-electron chi connectivity index (χ4n) is 3.42. The SMILES string of the molecule is COc1cccc(C([O-])=C2C(=O)C(=O)N(Cc3ccc[nH+]c3)C2c2cccs2)c1. The van der Waals surface area contributed by atoms with Crippen molar-refractivity contribution < 1.29 is 24.4 Å². The summed E-state index contributed by atoms with van der Waals surface area (Å²) in [7, 11) is 1.51. The zero-order chi connectivity index (χ0) is 20.4. The molecule has 4 rings (SSSR count). The number of ketones is 1. The number of Topliss-reactive ketones (excluding diaryl/α,β-unsaturated/α-hetero) is 1. The van der Waals surface area contributed by atoms with E-state index < -0.39 is 23.5 Å². The minimum absolute atomic E-state index is 0.0226. The van der Waals surface area contributed by atoms with Crippen LogP contribution >= 0.6 is 11.3 Å². The van der Waals surface area contributed by atoms with Gasteiger partial charge in [0.2, 0.25) is 5.78 Å². The summed E-state index contributed by atoms with van der Waals surface area (Å²) >= 11 is 1.41. The fourth-order valence-corrected chi connectivity index (χ4v) is 4.27. The molecule has 1 amide bonds. The summed E-state index contributed by atoms with van der Waals surface area (Å²) in [6.45, 7) is 0.222. The molecule has 0 aliphatic carbocycles. The van der Waals surface area contributed by atoms with Crippen LogP contribution < -0.4 is 14.8 Å². The Balaban J connectivity index is 1.83. The molecule has 3 heterocycles. The number of nitrogens with one attached hydrogen (secondary N) is 1. The first-order chi connectivity index (χ1) is 14.1. The molecule has 0 bridgehead atoms. The van der Waals surface area contributed by atoms with Gasteiger partial charge < -0.3 is 14.7 Å². The molecule has 146 valence electrons. The van der Waals surface area contributed by atoms with Crippen molar-refractivity contribution in [1.82, 2.24) is 4.90 Å². The standard InChI is InChI=1S/C22H18N2O4S/c1-28-16-7-2-6-15(11-16)20(25)18-19(17-8-4-10-29-17)24(22(27)21(18)26)13-14-5-3-9-23-12-14/h2-12,19,25H,13H2,1H3. The van der Waals surface area contributed by atoms with Gasteiger partial charge >= 0.3 is 0 Å². The largest absolute Gasteiger partial charge is 0.872 e. The first kappa shape index (κ1) is 18.9. The summed E-state index contributed by atoms with van der Waals surface area (Å²) in [5.41, 5.74) is 1.13. The van der Waals surface area contributed by atoms with E-state index in [0.717, 1.165) is 10.4 Å². The third kappa shape index (κ3) is 3.52. The van der Waals surface area contributed by atoms with Crippen LogP contribution in [0.3, 0.4) is 0 Å². The van der Waals surface area contributed by atoms with E-state index in [1.807, 2.05) is 29.6 Å². The summed E-state index contributed by atoms with van der Waals surface area (Å²) in [6, 6.07) is 13.3. The minimum Gasteiger partial charge on any atom is -0.872 e. The van der Waals surface area contributed by atoms with Crippen molar-refractivity contribution in [2.24, 2.45) is 0 Å². The van der Waals surface area contributed by atoms with Crippen molar-refractivity contribution in [3.8, 4) is 5.75 Å². The van der Waals surface area contributed by atoms with Gasteiger partial charge in [-0.1, -0.05) is 24.0 Å². The molecule has 1 unspecified atom stereocenters. The van der Waals surface area contributed by atoms with E-state index in [-0.39, 0.29) is 12.1 Å². The number of pyridine rings is 1. The van der Waals surface area contributed by atoms with Crippen LogP contribution in [0.2, 0.25) is 0 Å². The van der Waals surface area contributed by atoms with Crippen LogP contribution in [0.5, 0.6) is 5.75 Å². The molecule has 1 N–H and O–H groups in total. The fraction of sp³-hybridized carbons (Fsp3) is 0.136. The number of ether oxygens (including phenoxy) is 1. The molecule has 1 aliphatic rings. The number of H-pyrrole nitrogens is 1. The summed E-state index contributed by atoms with van der Waals surface area (Å²) in [5, 5.41) is 15.1. The number of methoxy groups -OCH3 is 1. The lowest BCUT2D eigenvalue weighted by molar-refractivity contribution is -0.378. The maximum atomic E-state index is 13.3. The molecule has 6 nitrogen and oxygen atoms in total. The highest BCUT2D eigenvalue weighted by molar-refractivity contribution is 7.10. The monoisotopic (exact) mass is 406 g/mol. The number of aromatic amines is 1. The van der Waals surface area contributed by atoms with E-state index >= 15 is 0 Å². The summed E-state index contributed by atoms with van der Waals surface area (Å²) in [6.07, 6.45) is 3.53. The Hall–Kier alpha value is -3.45. The maximum Gasteiger partial charge on any atom is 0.295 e. The van der Waals surface area contributed by atoms with Gasteiger partial charge in [-0.2, -0.15) is 0 Å². The number of aromatic nitrogens is 1. The second-order valence-corrected chi connectivity index (χ2v) is 7.55. The molecule has 0 saturated carbocycles. The number of amides is 1. The van der Waals surface area contributed by atoms with Crippen molar-refractivity contribution in [1.29, 1.82) is 0 Å². The van der Waals surface area contributed by atoms with Gasteiger partial charge in [0.05, 0.1) is 19.7 Å². The van der Waals surface area contributed by atoms with Gasteiger partial charge in [-0.25, -0.2) is 4.98 Å². The quantitative estimate of drug-likeness (QED) is 0.369. The zero-order valence-corrected chi connectivity index (χ0v) is 16.4. The van der Waals surface area contributed by atoms with E-state index in [9.17, 15) is 14.7 Å². The molecule has 2 aromatic heterocycles. The Labute approximate surface area is 171 Å². The number of rotatable bonds is 5. The second kappa shape index (κ2) is 7.89. The van der Waals surface area contributed by atoms with Crippen LogP contribution in [0, 0.1) is 0 Å². The lowest BCUT2D eigenvalue weighted by Crippen LogP contribution is -2.29. The van der Waals surface area contributed by atoms with Crippen molar-refractivity contribution in [3.05, 3.63) is 87.9 Å². The maximum absolute atomic E-state index is 13.3. The number of benzene rings is 1. The Kier molecular flexibility index (Phi) is 5.14. The molecular formula is C22H18N2O4S. The Bertz CT molecular complexity index is 1080. The third-order valence-corrected chi connectivity index (χ3v) is 5.72. The molecule has 0 radical (unpaired) electrons. The van der Waals surface area contributed by atoms with Crippen molar-refractivity contribution in [2.75, 3.05) is 7.11 Å². The number of thiophene rings is 1. The van der Waals surface area contributed by atoms with Crippen LogP contribution in [-0.4, -0.2) is 23.7 Å². The number of nitrogens with zero attached hydrogens (tertiary/aromatic N) is 1. The predicted molar refractivity (Wildman–Crippen MR) is 106 cm³/mol. The van der Waals surface area contributed by atoms with Crippen molar-refractivity contribution in [3.63, 3.8) is 0 Å². The van der Waals surface area contributed by atoms with Gasteiger partial charge in [0.15, 0.2) is 12.4 Å². The van der Waals surface area contributed by atoms with Gasteiger partial charge in [-0.3, -0.25) is 9.59 Å². The predicted octanol–water partition coefficient (Wildman–Crippen LogP) is 1.99. The number of carbonyl (C=O) groups is 2. The van der Waals surface area contributed by atoms with Crippen molar-refractivity contribution >= 4 is 28.8 Å². The van der Waals surface area contributed by atoms with Crippen LogP contribution in [0.15, 0.2) is 71.9 Å². The van der Waals surface area contributed by atoms with Gasteiger partial charge in [0, 0.05) is 22.1 Å². The van der Waals surface area contributed by atoms with Crippen LogP contribution in [0.25, 0.3) is 5.76 Å². The van der Waals surface area contributed by atoms with Gasteiger partial charge in [-0.05, 0) is 35.2 Å². The minimum atomic E-state index is -0.754. The van der Waals surface area contributed by atoms with Crippen LogP contribution in [0.4, 0.5) is 0 Å². The molecule has 1 aliphatic heterocycles. The molecule has 1 aromatic carbocycles. The molecule has 1 saturated heterocycles. The van der Waals surface area contributed by atoms with Gasteiger partial charge in [0.25, 0.3) is 5.91 Å². The first-order valence-electron chi connectivity index (χ1n) is 8.99. The summed E-state index contributed by atoms with van der Waals surface area (Å²) in [5.74, 6) is -1.37. The highest BCUT2D eigenvalue weighted by Gasteiger charge is 2.44. The number of carbonyl (C=O) groups excluding carboxylic acids is 2. The Morgan fingerprint density at radius 2 is 2.07 bits per heavy atom. The van der Waals surface area contributed by atoms with Gasteiger partial charge in [0.1, 0.15) is 5.75 Å². The van der Waals surface area contributed by atoms with Crippen LogP contribution in [0.1, 0.15) is 22.0 Å². The number of hydrogen-bond acceptors (Lipinski definition) is 5. The molecule has 29 heavy (non-hydrogen) atoms. The average molecular weight is 406 g/mol. The number of likely N-dealkylation sites (tertiary alicyclic amines) is 1. The molecule has 1 atom stereocenters. The van der Waals surface area contributed by atoms with E-state index in [4.69, 9.17) is 4.74 Å². The molecule has 1 fully saturated rings.